The largest absolute Gasteiger partial charge is 0.497 e. The summed E-state index contributed by atoms with van der Waals surface area (Å²) >= 11 is 0. The maximum atomic E-state index is 12.4. The molecular formula is C22H21N3O5. The average Bonchev–Trinajstić information content (AvgIpc) is 2.73. The zero-order chi connectivity index (χ0) is 21.7. The van der Waals surface area contributed by atoms with E-state index < -0.39 is 5.97 Å². The van der Waals surface area contributed by atoms with E-state index in [-0.39, 0.29) is 17.1 Å². The van der Waals surface area contributed by atoms with Gasteiger partial charge < -0.3 is 19.9 Å². The molecule has 1 heterocycles. The molecule has 0 saturated carbocycles. The third kappa shape index (κ3) is 4.67. The zero-order valence-electron chi connectivity index (χ0n) is 16.8. The van der Waals surface area contributed by atoms with E-state index in [0.29, 0.717) is 22.6 Å². The molecule has 30 heavy (non-hydrogen) atoms. The Hall–Kier alpha value is -4.07. The van der Waals surface area contributed by atoms with Crippen molar-refractivity contribution in [3.05, 3.63) is 81.6 Å². The molecule has 154 valence electrons. The number of benzene rings is 2. The molecule has 0 amide bonds. The van der Waals surface area contributed by atoms with Gasteiger partial charge in [0.05, 0.1) is 26.0 Å². The van der Waals surface area contributed by atoms with Crippen molar-refractivity contribution >= 4 is 18.0 Å². The molecule has 8 heteroatoms. The van der Waals surface area contributed by atoms with Crippen LogP contribution in [-0.4, -0.2) is 31.1 Å². The van der Waals surface area contributed by atoms with Gasteiger partial charge in [-0.15, -0.1) is 0 Å². The number of rotatable bonds is 6. The van der Waals surface area contributed by atoms with Crippen molar-refractivity contribution < 1.29 is 19.0 Å². The lowest BCUT2D eigenvalue weighted by Gasteiger charge is -2.10. The Morgan fingerprint density at radius 1 is 1.00 bits per heavy atom. The van der Waals surface area contributed by atoms with Gasteiger partial charge in [-0.2, -0.15) is 9.78 Å². The van der Waals surface area contributed by atoms with E-state index in [1.165, 1.54) is 19.4 Å². The van der Waals surface area contributed by atoms with Crippen LogP contribution in [0.15, 0.2) is 64.5 Å². The van der Waals surface area contributed by atoms with Gasteiger partial charge in [0.1, 0.15) is 11.6 Å². The fourth-order valence-corrected chi connectivity index (χ4v) is 2.70. The van der Waals surface area contributed by atoms with Crippen LogP contribution in [0.1, 0.15) is 21.5 Å². The minimum absolute atomic E-state index is 0.230. The Bertz CT molecular complexity index is 1150. The van der Waals surface area contributed by atoms with Crippen LogP contribution in [-0.2, 0) is 0 Å². The van der Waals surface area contributed by atoms with E-state index in [0.717, 1.165) is 10.2 Å². The van der Waals surface area contributed by atoms with E-state index in [2.05, 4.69) is 5.10 Å². The predicted octanol–water partition coefficient (Wildman–Crippen LogP) is 2.86. The Labute approximate surface area is 173 Å². The van der Waals surface area contributed by atoms with Crippen LogP contribution in [0.4, 0.5) is 5.82 Å². The molecule has 8 nitrogen and oxygen atoms in total. The number of carbonyl (C=O) groups excluding carboxylic acids is 1. The van der Waals surface area contributed by atoms with E-state index in [1.54, 1.807) is 62.6 Å². The number of methoxy groups -OCH3 is 2. The highest BCUT2D eigenvalue weighted by Gasteiger charge is 2.13. The Morgan fingerprint density at radius 2 is 1.73 bits per heavy atom. The predicted molar refractivity (Wildman–Crippen MR) is 114 cm³/mol. The van der Waals surface area contributed by atoms with Crippen LogP contribution < -0.4 is 25.5 Å². The maximum Gasteiger partial charge on any atom is 0.343 e. The minimum Gasteiger partial charge on any atom is -0.497 e. The number of aromatic nitrogens is 1. The second-order valence-corrected chi connectivity index (χ2v) is 6.38. The summed E-state index contributed by atoms with van der Waals surface area (Å²) in [4.78, 5) is 24.4. The van der Waals surface area contributed by atoms with Crippen molar-refractivity contribution in [2.45, 2.75) is 6.92 Å². The Kier molecular flexibility index (Phi) is 6.17. The van der Waals surface area contributed by atoms with Crippen LogP contribution in [0.3, 0.4) is 0 Å². The number of nitrogen functional groups attached to an aromatic ring is 1. The maximum absolute atomic E-state index is 12.4. The van der Waals surface area contributed by atoms with Gasteiger partial charge in [0.2, 0.25) is 0 Å². The summed E-state index contributed by atoms with van der Waals surface area (Å²) in [5.74, 6) is 0.929. The fraction of sp³-hybridized carbons (Fsp3) is 0.136. The first kappa shape index (κ1) is 20.7. The highest BCUT2D eigenvalue weighted by molar-refractivity contribution is 5.91. The van der Waals surface area contributed by atoms with Gasteiger partial charge in [-0.25, -0.2) is 4.79 Å². The number of pyridine rings is 1. The van der Waals surface area contributed by atoms with Gasteiger partial charge in [0, 0.05) is 6.07 Å². The van der Waals surface area contributed by atoms with E-state index >= 15 is 0 Å². The van der Waals surface area contributed by atoms with E-state index in [4.69, 9.17) is 19.9 Å². The van der Waals surface area contributed by atoms with Gasteiger partial charge in [-0.1, -0.05) is 0 Å². The third-order valence-corrected chi connectivity index (χ3v) is 4.22. The Balaban J connectivity index is 1.81. The van der Waals surface area contributed by atoms with Crippen LogP contribution in [0.2, 0.25) is 0 Å². The number of carbonyl (C=O) groups is 1. The molecular weight excluding hydrogens is 386 g/mol. The van der Waals surface area contributed by atoms with Crippen LogP contribution in [0.25, 0.3) is 0 Å². The monoisotopic (exact) mass is 407 g/mol. The average molecular weight is 407 g/mol. The second kappa shape index (κ2) is 8.95. The molecule has 0 saturated heterocycles. The Morgan fingerprint density at radius 3 is 2.37 bits per heavy atom. The third-order valence-electron chi connectivity index (χ3n) is 4.22. The summed E-state index contributed by atoms with van der Waals surface area (Å²) in [7, 11) is 3.01. The fourth-order valence-electron chi connectivity index (χ4n) is 2.70. The number of nitrogens with zero attached hydrogens (tertiary/aromatic N) is 2. The summed E-state index contributed by atoms with van der Waals surface area (Å²) in [6.45, 7) is 1.78. The van der Waals surface area contributed by atoms with Gasteiger partial charge in [0.25, 0.3) is 5.56 Å². The summed E-state index contributed by atoms with van der Waals surface area (Å²) in [5.41, 5.74) is 7.28. The number of nitrogens with two attached hydrogens (primary N) is 1. The molecule has 1 aromatic heterocycles. The lowest BCUT2D eigenvalue weighted by molar-refractivity contribution is 0.0729. The molecule has 0 atom stereocenters. The molecule has 2 N–H and O–H groups in total. The zero-order valence-corrected chi connectivity index (χ0v) is 16.8. The molecule has 2 aromatic carbocycles. The first-order valence-electron chi connectivity index (χ1n) is 8.99. The molecule has 0 aliphatic rings. The van der Waals surface area contributed by atoms with Crippen LogP contribution in [0, 0.1) is 6.92 Å². The van der Waals surface area contributed by atoms with Gasteiger partial charge in [-0.05, 0) is 66.6 Å². The molecule has 0 fully saturated rings. The van der Waals surface area contributed by atoms with Crippen molar-refractivity contribution in [1.82, 2.24) is 4.68 Å². The van der Waals surface area contributed by atoms with Gasteiger partial charge >= 0.3 is 5.97 Å². The van der Waals surface area contributed by atoms with Gasteiger partial charge in [0.15, 0.2) is 11.5 Å². The molecule has 0 radical (unpaired) electrons. The highest BCUT2D eigenvalue weighted by atomic mass is 16.6. The quantitative estimate of drug-likeness (QED) is 0.383. The number of anilines is 1. The number of esters is 1. The highest BCUT2D eigenvalue weighted by Crippen LogP contribution is 2.28. The molecule has 0 unspecified atom stereocenters. The first-order valence-corrected chi connectivity index (χ1v) is 8.99. The van der Waals surface area contributed by atoms with Gasteiger partial charge in [-0.3, -0.25) is 4.79 Å². The standard InChI is InChI=1S/C22H21N3O5/c1-14-10-20(23)25(21(26)11-14)24-13-15-4-9-18(19(12-15)29-3)30-22(27)16-5-7-17(28-2)8-6-16/h4-13H,23H2,1-3H3/b24-13-. The molecule has 0 aliphatic heterocycles. The number of ether oxygens (including phenoxy) is 3. The number of hydrogen-bond acceptors (Lipinski definition) is 7. The first-order chi connectivity index (χ1) is 14.4. The smallest absolute Gasteiger partial charge is 0.343 e. The summed E-state index contributed by atoms with van der Waals surface area (Å²) < 4.78 is 16.9. The van der Waals surface area contributed by atoms with Crippen molar-refractivity contribution in [2.24, 2.45) is 5.10 Å². The molecule has 0 aliphatic carbocycles. The van der Waals surface area contributed by atoms with Crippen LogP contribution in [0.5, 0.6) is 17.2 Å². The molecule has 0 spiro atoms. The lowest BCUT2D eigenvalue weighted by atomic mass is 10.2. The van der Waals surface area contributed by atoms with Crippen molar-refractivity contribution in [1.29, 1.82) is 0 Å². The number of hydrogen-bond donors (Lipinski definition) is 1. The molecule has 0 bridgehead atoms. The van der Waals surface area contributed by atoms with Crippen molar-refractivity contribution in [3.63, 3.8) is 0 Å². The summed E-state index contributed by atoms with van der Waals surface area (Å²) in [6.07, 6.45) is 1.46. The SMILES string of the molecule is COc1ccc(C(=O)Oc2ccc(/C=N\n3c(N)cc(C)cc3=O)cc2OC)cc1. The minimum atomic E-state index is -0.531. The van der Waals surface area contributed by atoms with E-state index in [9.17, 15) is 9.59 Å². The van der Waals surface area contributed by atoms with Crippen LogP contribution >= 0.6 is 0 Å². The number of aryl methyl sites for hydroxylation is 1. The van der Waals surface area contributed by atoms with Crippen molar-refractivity contribution in [3.8, 4) is 17.2 Å². The van der Waals surface area contributed by atoms with E-state index in [1.807, 2.05) is 0 Å². The summed E-state index contributed by atoms with van der Waals surface area (Å²) in [6, 6.07) is 14.6. The summed E-state index contributed by atoms with van der Waals surface area (Å²) in [5, 5.41) is 4.13. The molecule has 3 rings (SSSR count). The van der Waals surface area contributed by atoms with Crippen molar-refractivity contribution in [2.75, 3.05) is 20.0 Å². The normalized spacial score (nSPS) is 10.8. The molecule has 3 aromatic rings. The second-order valence-electron chi connectivity index (χ2n) is 6.38. The lowest BCUT2D eigenvalue weighted by Crippen LogP contribution is -2.19. The topological polar surface area (TPSA) is 105 Å².